The highest BCUT2D eigenvalue weighted by Gasteiger charge is 2.21. The molecule has 0 amide bonds. The maximum absolute atomic E-state index is 11.2. The number of hydrogen-bond donors (Lipinski definition) is 1. The summed E-state index contributed by atoms with van der Waals surface area (Å²) >= 11 is 1.60. The van der Waals surface area contributed by atoms with Crippen molar-refractivity contribution in [3.8, 4) is 0 Å². The normalized spacial score (nSPS) is 15.6. The van der Waals surface area contributed by atoms with E-state index in [1.165, 1.54) is 19.3 Å². The summed E-state index contributed by atoms with van der Waals surface area (Å²) in [6, 6.07) is 1.83. The lowest BCUT2D eigenvalue weighted by molar-refractivity contribution is 0.0691. The van der Waals surface area contributed by atoms with E-state index in [1.54, 1.807) is 11.8 Å². The Balaban J connectivity index is 2.20. The predicted molar refractivity (Wildman–Crippen MR) is 68.7 cm³/mol. The van der Waals surface area contributed by atoms with E-state index in [0.717, 1.165) is 22.9 Å². The molecule has 1 aliphatic rings. The van der Waals surface area contributed by atoms with Gasteiger partial charge in [-0.1, -0.05) is 6.42 Å². The minimum Gasteiger partial charge on any atom is -0.478 e. The molecule has 1 fully saturated rings. The number of pyridine rings is 1. The van der Waals surface area contributed by atoms with Gasteiger partial charge >= 0.3 is 5.97 Å². The third kappa shape index (κ3) is 2.80. The van der Waals surface area contributed by atoms with Crippen molar-refractivity contribution >= 4 is 17.7 Å². The molecule has 1 aromatic rings. The van der Waals surface area contributed by atoms with Gasteiger partial charge in [-0.2, -0.15) is 0 Å². The van der Waals surface area contributed by atoms with Crippen molar-refractivity contribution < 1.29 is 9.90 Å². The largest absolute Gasteiger partial charge is 0.478 e. The highest BCUT2D eigenvalue weighted by atomic mass is 32.2. The first-order valence-electron chi connectivity index (χ1n) is 5.92. The molecule has 0 atom stereocenters. The molecule has 3 nitrogen and oxygen atoms in total. The highest BCUT2D eigenvalue weighted by Crippen LogP contribution is 2.33. The molecular weight excluding hydrogens is 234 g/mol. The monoisotopic (exact) mass is 251 g/mol. The molecular formula is C13H17NO2S. The van der Waals surface area contributed by atoms with Gasteiger partial charge in [0.2, 0.25) is 0 Å². The molecule has 4 heteroatoms. The van der Waals surface area contributed by atoms with Gasteiger partial charge in [0.1, 0.15) is 5.03 Å². The van der Waals surface area contributed by atoms with Crippen LogP contribution in [0.2, 0.25) is 0 Å². The second-order valence-electron chi connectivity index (χ2n) is 4.67. The fourth-order valence-corrected chi connectivity index (χ4v) is 3.35. The Morgan fingerprint density at radius 2 is 2.24 bits per heavy atom. The predicted octanol–water partition coefficient (Wildman–Crippen LogP) is 3.29. The zero-order valence-electron chi connectivity index (χ0n) is 10.2. The lowest BCUT2D eigenvalue weighted by atomic mass is 9.87. The van der Waals surface area contributed by atoms with Crippen LogP contribution in [0.25, 0.3) is 0 Å². The molecule has 17 heavy (non-hydrogen) atoms. The van der Waals surface area contributed by atoms with Gasteiger partial charge in [-0.3, -0.25) is 0 Å². The first kappa shape index (κ1) is 12.4. The zero-order chi connectivity index (χ0) is 12.4. The van der Waals surface area contributed by atoms with Gasteiger partial charge in [0.05, 0.1) is 5.56 Å². The summed E-state index contributed by atoms with van der Waals surface area (Å²) in [6.45, 7) is 3.75. The number of nitrogens with zero attached hydrogens (tertiary/aromatic N) is 1. The van der Waals surface area contributed by atoms with Gasteiger partial charge in [0.25, 0.3) is 0 Å². The van der Waals surface area contributed by atoms with E-state index in [2.05, 4.69) is 4.98 Å². The molecule has 2 rings (SSSR count). The Morgan fingerprint density at radius 3 is 2.76 bits per heavy atom. The maximum atomic E-state index is 11.2. The molecule has 0 saturated heterocycles. The second-order valence-corrected chi connectivity index (χ2v) is 5.68. The van der Waals surface area contributed by atoms with Crippen molar-refractivity contribution in [3.63, 3.8) is 0 Å². The van der Waals surface area contributed by atoms with Crippen molar-refractivity contribution in [1.29, 1.82) is 0 Å². The molecule has 0 aliphatic heterocycles. The first-order chi connectivity index (χ1) is 8.08. The number of aromatic carboxylic acids is 1. The van der Waals surface area contributed by atoms with Gasteiger partial charge in [0, 0.05) is 11.4 Å². The molecule has 0 spiro atoms. The van der Waals surface area contributed by atoms with Gasteiger partial charge in [-0.15, -0.1) is 11.8 Å². The van der Waals surface area contributed by atoms with Crippen molar-refractivity contribution in [2.75, 3.05) is 5.75 Å². The van der Waals surface area contributed by atoms with Crippen LogP contribution in [0.15, 0.2) is 11.1 Å². The lowest BCUT2D eigenvalue weighted by Gasteiger charge is -2.24. The SMILES string of the molecule is Cc1cc(C)c(C(=O)O)c(SCC2CCC2)n1. The van der Waals surface area contributed by atoms with E-state index in [4.69, 9.17) is 0 Å². The topological polar surface area (TPSA) is 50.2 Å². The number of carboxylic acid groups (broad SMARTS) is 1. The summed E-state index contributed by atoms with van der Waals surface area (Å²) in [4.78, 5) is 15.6. The smallest absolute Gasteiger partial charge is 0.338 e. The van der Waals surface area contributed by atoms with E-state index in [0.29, 0.717) is 10.6 Å². The Hall–Kier alpha value is -1.03. The van der Waals surface area contributed by atoms with Crippen LogP contribution in [-0.2, 0) is 0 Å². The van der Waals surface area contributed by atoms with Crippen LogP contribution in [0.3, 0.4) is 0 Å². The highest BCUT2D eigenvalue weighted by molar-refractivity contribution is 7.99. The second kappa shape index (κ2) is 5.08. The van der Waals surface area contributed by atoms with Crippen LogP contribution in [0.1, 0.15) is 40.9 Å². The molecule has 0 aromatic carbocycles. The average Bonchev–Trinajstić information content (AvgIpc) is 2.12. The van der Waals surface area contributed by atoms with Gasteiger partial charge in [-0.25, -0.2) is 9.78 Å². The van der Waals surface area contributed by atoms with Gasteiger partial charge < -0.3 is 5.11 Å². The summed E-state index contributed by atoms with van der Waals surface area (Å²) in [6.07, 6.45) is 3.87. The summed E-state index contributed by atoms with van der Waals surface area (Å²) in [5, 5.41) is 9.90. The summed E-state index contributed by atoms with van der Waals surface area (Å²) in [7, 11) is 0. The summed E-state index contributed by atoms with van der Waals surface area (Å²) < 4.78 is 0. The van der Waals surface area contributed by atoms with Crippen LogP contribution in [0, 0.1) is 19.8 Å². The van der Waals surface area contributed by atoms with E-state index in [1.807, 2.05) is 19.9 Å². The summed E-state index contributed by atoms with van der Waals surface area (Å²) in [5.41, 5.74) is 2.07. The third-order valence-electron chi connectivity index (χ3n) is 3.21. The average molecular weight is 251 g/mol. The fourth-order valence-electron chi connectivity index (χ4n) is 2.02. The fraction of sp³-hybridized carbons (Fsp3) is 0.538. The molecule has 1 aromatic heterocycles. The van der Waals surface area contributed by atoms with Crippen molar-refractivity contribution in [3.05, 3.63) is 22.9 Å². The van der Waals surface area contributed by atoms with Crippen LogP contribution in [0.4, 0.5) is 0 Å². The lowest BCUT2D eigenvalue weighted by Crippen LogP contribution is -2.14. The molecule has 1 heterocycles. The number of aryl methyl sites for hydroxylation is 2. The Bertz CT molecular complexity index is 441. The zero-order valence-corrected chi connectivity index (χ0v) is 11.0. The first-order valence-corrected chi connectivity index (χ1v) is 6.91. The molecule has 1 aliphatic carbocycles. The van der Waals surface area contributed by atoms with E-state index in [9.17, 15) is 9.90 Å². The summed E-state index contributed by atoms with van der Waals surface area (Å²) in [5.74, 6) is 0.881. The molecule has 0 unspecified atom stereocenters. The van der Waals surface area contributed by atoms with Crippen LogP contribution in [-0.4, -0.2) is 21.8 Å². The minimum atomic E-state index is -0.869. The van der Waals surface area contributed by atoms with Crippen molar-refractivity contribution in [2.24, 2.45) is 5.92 Å². The van der Waals surface area contributed by atoms with Crippen molar-refractivity contribution in [1.82, 2.24) is 4.98 Å². The standard InChI is InChI=1S/C13H17NO2S/c1-8-6-9(2)14-12(11(8)13(15)16)17-7-10-4-3-5-10/h6,10H,3-5,7H2,1-2H3,(H,15,16). The van der Waals surface area contributed by atoms with E-state index >= 15 is 0 Å². The Labute approximate surface area is 106 Å². The maximum Gasteiger partial charge on any atom is 0.338 e. The number of rotatable bonds is 4. The number of thioether (sulfide) groups is 1. The molecule has 1 N–H and O–H groups in total. The van der Waals surface area contributed by atoms with Crippen LogP contribution >= 0.6 is 11.8 Å². The Kier molecular flexibility index (Phi) is 3.72. The molecule has 0 bridgehead atoms. The number of hydrogen-bond acceptors (Lipinski definition) is 3. The van der Waals surface area contributed by atoms with E-state index in [-0.39, 0.29) is 0 Å². The molecule has 0 radical (unpaired) electrons. The quantitative estimate of drug-likeness (QED) is 0.834. The number of carbonyl (C=O) groups is 1. The van der Waals surface area contributed by atoms with Gasteiger partial charge in [-0.05, 0) is 44.2 Å². The van der Waals surface area contributed by atoms with E-state index < -0.39 is 5.97 Å². The van der Waals surface area contributed by atoms with Gasteiger partial charge in [0.15, 0.2) is 0 Å². The van der Waals surface area contributed by atoms with Crippen molar-refractivity contribution in [2.45, 2.75) is 38.1 Å². The molecule has 1 saturated carbocycles. The molecule has 92 valence electrons. The minimum absolute atomic E-state index is 0.375. The number of aromatic nitrogens is 1. The van der Waals surface area contributed by atoms with Crippen LogP contribution < -0.4 is 0 Å². The third-order valence-corrected chi connectivity index (χ3v) is 4.41. The van der Waals surface area contributed by atoms with Crippen LogP contribution in [0.5, 0.6) is 0 Å². The number of carboxylic acids is 1. The Morgan fingerprint density at radius 1 is 1.53 bits per heavy atom.